The summed E-state index contributed by atoms with van der Waals surface area (Å²) in [4.78, 5) is 43.7. The highest BCUT2D eigenvalue weighted by Gasteiger charge is 2.31. The zero-order valence-electron chi connectivity index (χ0n) is 18.5. The first-order chi connectivity index (χ1) is 16.5. The topological polar surface area (TPSA) is 69.7 Å². The lowest BCUT2D eigenvalue weighted by atomic mass is 10.1. The summed E-state index contributed by atoms with van der Waals surface area (Å²) < 4.78 is 0.722. The molecule has 1 unspecified atom stereocenters. The van der Waals surface area contributed by atoms with Crippen LogP contribution in [-0.2, 0) is 9.59 Å². The van der Waals surface area contributed by atoms with Crippen molar-refractivity contribution in [3.63, 3.8) is 0 Å². The Bertz CT molecular complexity index is 1220. The Morgan fingerprint density at radius 1 is 0.912 bits per heavy atom. The van der Waals surface area contributed by atoms with Crippen LogP contribution in [0.2, 0.25) is 4.34 Å². The predicted molar refractivity (Wildman–Crippen MR) is 138 cm³/mol. The number of thiophene rings is 2. The third kappa shape index (κ3) is 4.89. The van der Waals surface area contributed by atoms with Crippen molar-refractivity contribution in [3.05, 3.63) is 57.7 Å². The van der Waals surface area contributed by atoms with E-state index in [0.29, 0.717) is 30.8 Å². The molecule has 1 atom stereocenters. The molecule has 3 amide bonds. The molecule has 2 saturated heterocycles. The third-order valence-corrected chi connectivity index (χ3v) is 8.71. The van der Waals surface area contributed by atoms with Gasteiger partial charge in [-0.15, -0.1) is 22.7 Å². The normalized spacial score (nSPS) is 18.6. The van der Waals surface area contributed by atoms with Crippen molar-refractivity contribution in [2.45, 2.75) is 25.7 Å². The second-order valence-corrected chi connectivity index (χ2v) is 11.4. The van der Waals surface area contributed by atoms with Gasteiger partial charge in [0.15, 0.2) is 0 Å². The van der Waals surface area contributed by atoms with E-state index in [4.69, 9.17) is 11.6 Å². The van der Waals surface area contributed by atoms with E-state index in [0.717, 1.165) is 44.9 Å². The number of benzene rings is 1. The van der Waals surface area contributed by atoms with Gasteiger partial charge in [0, 0.05) is 59.5 Å². The van der Waals surface area contributed by atoms with E-state index < -0.39 is 0 Å². The Labute approximate surface area is 211 Å². The largest absolute Gasteiger partial charge is 0.351 e. The minimum Gasteiger partial charge on any atom is -0.351 e. The van der Waals surface area contributed by atoms with Gasteiger partial charge in [-0.25, -0.2) is 0 Å². The first kappa shape index (κ1) is 23.1. The fraction of sp³-hybridized carbons (Fsp3) is 0.320. The highest BCUT2D eigenvalue weighted by molar-refractivity contribution is 7.24. The Hall–Kier alpha value is -2.68. The maximum atomic E-state index is 12.6. The van der Waals surface area contributed by atoms with E-state index in [9.17, 15) is 14.4 Å². The minimum absolute atomic E-state index is 0.0500. The predicted octanol–water partition coefficient (Wildman–Crippen LogP) is 5.43. The quantitative estimate of drug-likeness (QED) is 0.478. The summed E-state index contributed by atoms with van der Waals surface area (Å²) >= 11 is 8.94. The van der Waals surface area contributed by atoms with Gasteiger partial charge in [0.1, 0.15) is 0 Å². The number of carbonyl (C=O) groups is 3. The molecular weight excluding hydrogens is 490 g/mol. The average molecular weight is 514 g/mol. The van der Waals surface area contributed by atoms with Gasteiger partial charge in [-0.05, 0) is 61.4 Å². The van der Waals surface area contributed by atoms with Gasteiger partial charge < -0.3 is 15.1 Å². The highest BCUT2D eigenvalue weighted by atomic mass is 35.5. The molecule has 176 valence electrons. The van der Waals surface area contributed by atoms with Crippen LogP contribution in [0.15, 0.2) is 48.5 Å². The molecule has 0 spiro atoms. The Kier molecular flexibility index (Phi) is 6.72. The fourth-order valence-electron chi connectivity index (χ4n) is 4.42. The SMILES string of the molecule is O=C(NCC1CC(=O)N(c2ccc(N3CCCCC3=O)cc2)C1)c1ccc(-c2ccc(Cl)s2)s1. The summed E-state index contributed by atoms with van der Waals surface area (Å²) in [5.74, 6) is 0.133. The second-order valence-electron chi connectivity index (χ2n) is 8.57. The summed E-state index contributed by atoms with van der Waals surface area (Å²) in [6.45, 7) is 1.75. The van der Waals surface area contributed by atoms with Crippen molar-refractivity contribution in [2.24, 2.45) is 5.92 Å². The van der Waals surface area contributed by atoms with E-state index in [1.165, 1.54) is 22.7 Å². The van der Waals surface area contributed by atoms with Gasteiger partial charge in [-0.1, -0.05) is 11.6 Å². The van der Waals surface area contributed by atoms with Crippen molar-refractivity contribution >= 4 is 63.4 Å². The molecule has 2 aliphatic rings. The van der Waals surface area contributed by atoms with Crippen molar-refractivity contribution in [3.8, 4) is 9.75 Å². The van der Waals surface area contributed by atoms with Crippen molar-refractivity contribution in [1.82, 2.24) is 5.32 Å². The van der Waals surface area contributed by atoms with E-state index in [-0.39, 0.29) is 23.6 Å². The molecule has 0 bridgehead atoms. The van der Waals surface area contributed by atoms with Crippen LogP contribution in [0.3, 0.4) is 0 Å². The number of hydrogen-bond acceptors (Lipinski definition) is 5. The molecule has 1 aromatic carbocycles. The summed E-state index contributed by atoms with van der Waals surface area (Å²) in [6, 6.07) is 15.2. The summed E-state index contributed by atoms with van der Waals surface area (Å²) in [7, 11) is 0. The van der Waals surface area contributed by atoms with E-state index in [2.05, 4.69) is 5.32 Å². The van der Waals surface area contributed by atoms with Crippen LogP contribution in [0.1, 0.15) is 35.4 Å². The Balaban J connectivity index is 1.17. The molecular formula is C25H24ClN3O3S2. The van der Waals surface area contributed by atoms with Gasteiger partial charge in [-0.3, -0.25) is 14.4 Å². The fourth-order valence-corrected chi connectivity index (χ4v) is 6.48. The van der Waals surface area contributed by atoms with Gasteiger partial charge in [0.2, 0.25) is 11.8 Å². The van der Waals surface area contributed by atoms with Crippen molar-refractivity contribution < 1.29 is 14.4 Å². The number of anilines is 2. The van der Waals surface area contributed by atoms with Gasteiger partial charge >= 0.3 is 0 Å². The molecule has 4 heterocycles. The van der Waals surface area contributed by atoms with Gasteiger partial charge in [0.25, 0.3) is 5.91 Å². The lowest BCUT2D eigenvalue weighted by Gasteiger charge is -2.27. The van der Waals surface area contributed by atoms with Crippen LogP contribution >= 0.6 is 34.3 Å². The smallest absolute Gasteiger partial charge is 0.261 e. The number of hydrogen-bond donors (Lipinski definition) is 1. The summed E-state index contributed by atoms with van der Waals surface area (Å²) in [5.41, 5.74) is 1.70. The highest BCUT2D eigenvalue weighted by Crippen LogP contribution is 2.35. The van der Waals surface area contributed by atoms with Gasteiger partial charge in [0.05, 0.1) is 9.21 Å². The molecule has 5 rings (SSSR count). The number of rotatable bonds is 6. The van der Waals surface area contributed by atoms with E-state index >= 15 is 0 Å². The number of nitrogens with one attached hydrogen (secondary N) is 1. The third-order valence-electron chi connectivity index (χ3n) is 6.20. The molecule has 9 heteroatoms. The lowest BCUT2D eigenvalue weighted by Crippen LogP contribution is -2.35. The first-order valence-electron chi connectivity index (χ1n) is 11.3. The van der Waals surface area contributed by atoms with Crippen LogP contribution in [0.4, 0.5) is 11.4 Å². The maximum absolute atomic E-state index is 12.6. The number of piperidine rings is 1. The van der Waals surface area contributed by atoms with Crippen LogP contribution in [0.5, 0.6) is 0 Å². The molecule has 1 N–H and O–H groups in total. The van der Waals surface area contributed by atoms with Crippen LogP contribution in [0.25, 0.3) is 9.75 Å². The Morgan fingerprint density at radius 3 is 2.32 bits per heavy atom. The Morgan fingerprint density at radius 2 is 1.62 bits per heavy atom. The van der Waals surface area contributed by atoms with E-state index in [1.54, 1.807) is 4.90 Å². The molecule has 0 radical (unpaired) electrons. The summed E-state index contributed by atoms with van der Waals surface area (Å²) in [5, 5.41) is 2.99. The molecule has 34 heavy (non-hydrogen) atoms. The minimum atomic E-state index is -0.125. The van der Waals surface area contributed by atoms with Crippen molar-refractivity contribution in [2.75, 3.05) is 29.4 Å². The van der Waals surface area contributed by atoms with Crippen LogP contribution in [-0.4, -0.2) is 37.4 Å². The number of halogens is 1. The zero-order chi connectivity index (χ0) is 23.7. The first-order valence-corrected chi connectivity index (χ1v) is 13.3. The standard InChI is InChI=1S/C25H24ClN3O3S2/c26-22-11-10-20(34-22)19-8-9-21(33-19)25(32)27-14-16-13-24(31)29(15-16)18-6-4-17(5-7-18)28-12-2-1-3-23(28)30/h4-11,16H,1-3,12-15H2,(H,27,32). The molecule has 6 nitrogen and oxygen atoms in total. The molecule has 2 fully saturated rings. The van der Waals surface area contributed by atoms with Crippen LogP contribution < -0.4 is 15.1 Å². The number of carbonyl (C=O) groups excluding carboxylic acids is 3. The molecule has 2 aliphatic heterocycles. The lowest BCUT2D eigenvalue weighted by molar-refractivity contribution is -0.119. The zero-order valence-corrected chi connectivity index (χ0v) is 20.8. The average Bonchev–Trinajstić information content (AvgIpc) is 3.58. The monoisotopic (exact) mass is 513 g/mol. The molecule has 2 aromatic heterocycles. The van der Waals surface area contributed by atoms with Crippen LogP contribution in [0, 0.1) is 5.92 Å². The van der Waals surface area contributed by atoms with E-state index in [1.807, 2.05) is 53.4 Å². The number of nitrogens with zero attached hydrogens (tertiary/aromatic N) is 2. The molecule has 0 saturated carbocycles. The second kappa shape index (κ2) is 9.90. The number of amides is 3. The van der Waals surface area contributed by atoms with Gasteiger partial charge in [-0.2, -0.15) is 0 Å². The summed E-state index contributed by atoms with van der Waals surface area (Å²) in [6.07, 6.45) is 2.95. The molecule has 3 aromatic rings. The molecule has 0 aliphatic carbocycles. The maximum Gasteiger partial charge on any atom is 0.261 e. The van der Waals surface area contributed by atoms with Crippen molar-refractivity contribution in [1.29, 1.82) is 0 Å².